The number of hydrogen-bond donors (Lipinski definition) is 2. The van der Waals surface area contributed by atoms with Crippen LogP contribution in [0, 0.1) is 11.7 Å². The van der Waals surface area contributed by atoms with Gasteiger partial charge in [-0.3, -0.25) is 14.5 Å². The number of fused-ring (bicyclic) bond motifs is 1. The van der Waals surface area contributed by atoms with Crippen molar-refractivity contribution in [3.05, 3.63) is 46.0 Å². The number of rotatable bonds is 3. The number of nitrogens with zero attached hydrogens (tertiary/aromatic N) is 1. The fourth-order valence-electron chi connectivity index (χ4n) is 3.03. The van der Waals surface area contributed by atoms with Crippen molar-refractivity contribution in [2.75, 3.05) is 13.1 Å². The smallest absolute Gasteiger partial charge is 0.221 e. The van der Waals surface area contributed by atoms with Crippen LogP contribution < -0.4 is 11.2 Å². The molecule has 2 heterocycles. The minimum absolute atomic E-state index is 0.130. The molecule has 1 aromatic carbocycles. The maximum absolute atomic E-state index is 13.2. The molecule has 1 fully saturated rings. The highest BCUT2D eigenvalue weighted by Crippen LogP contribution is 2.18. The number of amides is 1. The Morgan fingerprint density at radius 1 is 1.41 bits per heavy atom. The minimum atomic E-state index is -0.425. The SMILES string of the molecule is NC(=O)C1CCCN(Cc2cc(=O)c3cc(F)ccc3[nH]2)C1. The molecule has 1 saturated heterocycles. The quantitative estimate of drug-likeness (QED) is 0.898. The van der Waals surface area contributed by atoms with Gasteiger partial charge in [0.05, 0.1) is 5.92 Å². The Balaban J connectivity index is 1.83. The second kappa shape index (κ2) is 5.88. The van der Waals surface area contributed by atoms with E-state index < -0.39 is 5.82 Å². The van der Waals surface area contributed by atoms with Crippen LogP contribution in [0.15, 0.2) is 29.1 Å². The maximum Gasteiger partial charge on any atom is 0.221 e. The molecule has 1 atom stereocenters. The molecule has 22 heavy (non-hydrogen) atoms. The fraction of sp³-hybridized carbons (Fsp3) is 0.375. The van der Waals surface area contributed by atoms with E-state index in [-0.39, 0.29) is 17.3 Å². The third-order valence-corrected chi connectivity index (χ3v) is 4.15. The lowest BCUT2D eigenvalue weighted by Crippen LogP contribution is -2.40. The van der Waals surface area contributed by atoms with Crippen LogP contribution >= 0.6 is 0 Å². The summed E-state index contributed by atoms with van der Waals surface area (Å²) in [6.45, 7) is 2.03. The van der Waals surface area contributed by atoms with Crippen molar-refractivity contribution < 1.29 is 9.18 Å². The number of halogens is 1. The number of likely N-dealkylation sites (tertiary alicyclic amines) is 1. The maximum atomic E-state index is 13.2. The van der Waals surface area contributed by atoms with E-state index in [4.69, 9.17) is 5.73 Å². The molecule has 0 spiro atoms. The first-order chi connectivity index (χ1) is 10.5. The fourth-order valence-corrected chi connectivity index (χ4v) is 3.03. The lowest BCUT2D eigenvalue weighted by Gasteiger charge is -2.30. The molecule has 3 rings (SSSR count). The molecule has 0 aliphatic carbocycles. The van der Waals surface area contributed by atoms with Gasteiger partial charge in [-0.25, -0.2) is 4.39 Å². The summed E-state index contributed by atoms with van der Waals surface area (Å²) in [5, 5.41) is 0.345. The van der Waals surface area contributed by atoms with E-state index in [1.165, 1.54) is 18.2 Å². The number of hydrogen-bond acceptors (Lipinski definition) is 3. The van der Waals surface area contributed by atoms with Crippen LogP contribution in [0.25, 0.3) is 10.9 Å². The largest absolute Gasteiger partial charge is 0.369 e. The summed E-state index contributed by atoms with van der Waals surface area (Å²) in [6, 6.07) is 5.63. The van der Waals surface area contributed by atoms with Crippen LogP contribution in [0.3, 0.4) is 0 Å². The summed E-state index contributed by atoms with van der Waals surface area (Å²) in [7, 11) is 0. The molecule has 1 unspecified atom stereocenters. The van der Waals surface area contributed by atoms with Crippen LogP contribution in [0.4, 0.5) is 4.39 Å². The summed E-state index contributed by atoms with van der Waals surface area (Å²) < 4.78 is 13.2. The predicted molar refractivity (Wildman–Crippen MR) is 81.7 cm³/mol. The van der Waals surface area contributed by atoms with Crippen LogP contribution in [0.5, 0.6) is 0 Å². The highest BCUT2D eigenvalue weighted by molar-refractivity contribution is 5.78. The normalized spacial score (nSPS) is 19.4. The number of benzene rings is 1. The number of nitrogens with two attached hydrogens (primary N) is 1. The van der Waals surface area contributed by atoms with E-state index in [1.54, 1.807) is 6.07 Å². The molecule has 1 amide bonds. The molecule has 1 aliphatic heterocycles. The number of aromatic amines is 1. The number of nitrogens with one attached hydrogen (secondary N) is 1. The first-order valence-electron chi connectivity index (χ1n) is 7.36. The van der Waals surface area contributed by atoms with E-state index in [1.807, 2.05) is 0 Å². The predicted octanol–water partition coefficient (Wildman–Crippen LogP) is 1.36. The second-order valence-corrected chi connectivity index (χ2v) is 5.83. The highest BCUT2D eigenvalue weighted by atomic mass is 19.1. The Hall–Kier alpha value is -2.21. The molecular formula is C16H18FN3O2. The number of aromatic nitrogens is 1. The van der Waals surface area contributed by atoms with Crippen molar-refractivity contribution in [3.63, 3.8) is 0 Å². The minimum Gasteiger partial charge on any atom is -0.369 e. The molecule has 5 nitrogen and oxygen atoms in total. The van der Waals surface area contributed by atoms with E-state index in [0.29, 0.717) is 24.0 Å². The van der Waals surface area contributed by atoms with Gasteiger partial charge in [0.15, 0.2) is 5.43 Å². The first kappa shape index (κ1) is 14.7. The number of carbonyl (C=O) groups is 1. The standard InChI is InChI=1S/C16H18FN3O2/c17-11-3-4-14-13(6-11)15(21)7-12(19-14)9-20-5-1-2-10(8-20)16(18)22/h3-4,6-7,10H,1-2,5,8-9H2,(H2,18,22)(H,19,21). The highest BCUT2D eigenvalue weighted by Gasteiger charge is 2.24. The van der Waals surface area contributed by atoms with Crippen molar-refractivity contribution in [3.8, 4) is 0 Å². The molecule has 1 aromatic heterocycles. The van der Waals surface area contributed by atoms with Gasteiger partial charge in [-0.05, 0) is 37.6 Å². The Morgan fingerprint density at radius 2 is 2.23 bits per heavy atom. The molecule has 1 aliphatic rings. The Morgan fingerprint density at radius 3 is 3.00 bits per heavy atom. The van der Waals surface area contributed by atoms with Gasteiger partial charge in [0.2, 0.25) is 5.91 Å². The number of carbonyl (C=O) groups excluding carboxylic acids is 1. The number of primary amides is 1. The molecule has 3 N–H and O–H groups in total. The van der Waals surface area contributed by atoms with Crippen molar-refractivity contribution in [2.24, 2.45) is 11.7 Å². The molecule has 0 bridgehead atoms. The zero-order valence-corrected chi connectivity index (χ0v) is 12.1. The van der Waals surface area contributed by atoms with Gasteiger partial charge in [0.25, 0.3) is 0 Å². The number of H-pyrrole nitrogens is 1. The van der Waals surface area contributed by atoms with E-state index >= 15 is 0 Å². The lowest BCUT2D eigenvalue weighted by atomic mass is 9.97. The number of pyridine rings is 1. The van der Waals surface area contributed by atoms with Gasteiger partial charge in [-0.1, -0.05) is 0 Å². The van der Waals surface area contributed by atoms with Gasteiger partial charge in [-0.2, -0.15) is 0 Å². The van der Waals surface area contributed by atoms with Crippen molar-refractivity contribution in [1.82, 2.24) is 9.88 Å². The zero-order valence-electron chi connectivity index (χ0n) is 12.1. The Kier molecular flexibility index (Phi) is 3.94. The van der Waals surface area contributed by atoms with Gasteiger partial charge in [0, 0.05) is 35.8 Å². The van der Waals surface area contributed by atoms with Crippen LogP contribution in [0.2, 0.25) is 0 Å². The summed E-state index contributed by atoms with van der Waals surface area (Å²) in [5.41, 5.74) is 6.55. The van der Waals surface area contributed by atoms with E-state index in [9.17, 15) is 14.0 Å². The van der Waals surface area contributed by atoms with Crippen LogP contribution in [-0.2, 0) is 11.3 Å². The third-order valence-electron chi connectivity index (χ3n) is 4.15. The van der Waals surface area contributed by atoms with E-state index in [2.05, 4.69) is 9.88 Å². The van der Waals surface area contributed by atoms with Gasteiger partial charge < -0.3 is 10.7 Å². The molecule has 0 radical (unpaired) electrons. The zero-order chi connectivity index (χ0) is 15.7. The molecular weight excluding hydrogens is 285 g/mol. The summed E-state index contributed by atoms with van der Waals surface area (Å²) >= 11 is 0. The average molecular weight is 303 g/mol. The molecule has 2 aromatic rings. The van der Waals surface area contributed by atoms with E-state index in [0.717, 1.165) is 25.1 Å². The second-order valence-electron chi connectivity index (χ2n) is 5.83. The Bertz CT molecular complexity index is 772. The van der Waals surface area contributed by atoms with Crippen LogP contribution in [-0.4, -0.2) is 28.9 Å². The van der Waals surface area contributed by atoms with Gasteiger partial charge in [-0.15, -0.1) is 0 Å². The first-order valence-corrected chi connectivity index (χ1v) is 7.36. The third kappa shape index (κ3) is 3.01. The monoisotopic (exact) mass is 303 g/mol. The van der Waals surface area contributed by atoms with Crippen molar-refractivity contribution in [1.29, 1.82) is 0 Å². The summed E-state index contributed by atoms with van der Waals surface area (Å²) in [5.74, 6) is -0.826. The summed E-state index contributed by atoms with van der Waals surface area (Å²) in [4.78, 5) is 28.7. The van der Waals surface area contributed by atoms with Crippen molar-refractivity contribution in [2.45, 2.75) is 19.4 Å². The molecule has 0 saturated carbocycles. The Labute approximate surface area is 126 Å². The average Bonchev–Trinajstić information content (AvgIpc) is 2.48. The lowest BCUT2D eigenvalue weighted by molar-refractivity contribution is -0.123. The van der Waals surface area contributed by atoms with Crippen LogP contribution in [0.1, 0.15) is 18.5 Å². The summed E-state index contributed by atoms with van der Waals surface area (Å²) in [6.07, 6.45) is 1.73. The molecule has 6 heteroatoms. The number of piperidine rings is 1. The topological polar surface area (TPSA) is 79.2 Å². The van der Waals surface area contributed by atoms with Gasteiger partial charge in [0.1, 0.15) is 5.82 Å². The van der Waals surface area contributed by atoms with Crippen molar-refractivity contribution >= 4 is 16.8 Å². The van der Waals surface area contributed by atoms with Gasteiger partial charge >= 0.3 is 0 Å². The molecule has 116 valence electrons.